The van der Waals surface area contributed by atoms with Crippen molar-refractivity contribution in [3.63, 3.8) is 0 Å². The zero-order valence-corrected chi connectivity index (χ0v) is 14.7. The highest BCUT2D eigenvalue weighted by Crippen LogP contribution is 2.26. The predicted octanol–water partition coefficient (Wildman–Crippen LogP) is 3.35. The average molecular weight is 360 g/mol. The second-order valence-electron chi connectivity index (χ2n) is 6.43. The monoisotopic (exact) mass is 360 g/mol. The number of nitro groups is 1. The van der Waals surface area contributed by atoms with Crippen molar-refractivity contribution in [2.75, 3.05) is 23.3 Å². The molecule has 1 saturated heterocycles. The van der Waals surface area contributed by atoms with Crippen molar-refractivity contribution >= 4 is 17.2 Å². The molecule has 7 nitrogen and oxygen atoms in total. The Morgan fingerprint density at radius 1 is 1.35 bits per heavy atom. The van der Waals surface area contributed by atoms with Crippen LogP contribution in [0.15, 0.2) is 36.5 Å². The van der Waals surface area contributed by atoms with Crippen molar-refractivity contribution in [1.82, 2.24) is 4.98 Å². The maximum Gasteiger partial charge on any atom is 0.311 e. The van der Waals surface area contributed by atoms with E-state index in [1.807, 2.05) is 24.8 Å². The first-order valence-electron chi connectivity index (χ1n) is 8.46. The molecule has 2 aromatic rings. The molecule has 2 atom stereocenters. The maximum absolute atomic E-state index is 14.6. The Balaban J connectivity index is 1.71. The van der Waals surface area contributed by atoms with Crippen LogP contribution < -0.4 is 10.2 Å². The van der Waals surface area contributed by atoms with Gasteiger partial charge in [0.1, 0.15) is 5.82 Å². The van der Waals surface area contributed by atoms with Gasteiger partial charge >= 0.3 is 5.69 Å². The van der Waals surface area contributed by atoms with Gasteiger partial charge in [-0.05, 0) is 37.6 Å². The van der Waals surface area contributed by atoms with Gasteiger partial charge < -0.3 is 15.0 Å². The fourth-order valence-electron chi connectivity index (χ4n) is 3.16. The topological polar surface area (TPSA) is 80.5 Å². The van der Waals surface area contributed by atoms with E-state index < -0.39 is 4.92 Å². The molecule has 0 unspecified atom stereocenters. The minimum atomic E-state index is -0.500. The van der Waals surface area contributed by atoms with Gasteiger partial charge in [-0.3, -0.25) is 10.1 Å². The maximum atomic E-state index is 14.6. The van der Waals surface area contributed by atoms with Crippen LogP contribution in [0, 0.1) is 15.9 Å². The van der Waals surface area contributed by atoms with E-state index in [4.69, 9.17) is 4.74 Å². The number of pyridine rings is 1. The van der Waals surface area contributed by atoms with E-state index in [1.165, 1.54) is 24.4 Å². The SMILES string of the molecule is C[C@H]1CN(c2ccc(CNc3ncccc3[N+](=O)[O-])cc2F)C[C@H](C)O1. The second kappa shape index (κ2) is 7.65. The first-order valence-corrected chi connectivity index (χ1v) is 8.46. The number of ether oxygens (including phenoxy) is 1. The third-order valence-electron chi connectivity index (χ3n) is 4.22. The lowest BCUT2D eigenvalue weighted by molar-refractivity contribution is -0.384. The highest BCUT2D eigenvalue weighted by molar-refractivity contribution is 5.56. The number of hydrogen-bond acceptors (Lipinski definition) is 6. The number of aromatic nitrogens is 1. The number of anilines is 2. The molecule has 0 radical (unpaired) electrons. The van der Waals surface area contributed by atoms with Gasteiger partial charge in [0.05, 0.1) is 22.8 Å². The van der Waals surface area contributed by atoms with Crippen LogP contribution in [-0.2, 0) is 11.3 Å². The molecule has 1 fully saturated rings. The quantitative estimate of drug-likeness (QED) is 0.650. The standard InChI is InChI=1S/C18H21FN4O3/c1-12-10-22(11-13(2)26-12)16-6-5-14(8-15(16)19)9-21-18-17(23(24)25)4-3-7-20-18/h3-8,12-13H,9-11H2,1-2H3,(H,20,21)/t12-,13-/m0/s1. The van der Waals surface area contributed by atoms with E-state index in [1.54, 1.807) is 6.07 Å². The van der Waals surface area contributed by atoms with Crippen LogP contribution in [0.5, 0.6) is 0 Å². The summed E-state index contributed by atoms with van der Waals surface area (Å²) in [5.41, 5.74) is 1.11. The minimum Gasteiger partial charge on any atom is -0.372 e. The molecule has 0 aliphatic carbocycles. The largest absolute Gasteiger partial charge is 0.372 e. The Labute approximate surface area is 150 Å². The Morgan fingerprint density at radius 2 is 2.08 bits per heavy atom. The van der Waals surface area contributed by atoms with Gasteiger partial charge in [-0.2, -0.15) is 0 Å². The zero-order valence-electron chi connectivity index (χ0n) is 14.7. The second-order valence-corrected chi connectivity index (χ2v) is 6.43. The Morgan fingerprint density at radius 3 is 2.73 bits per heavy atom. The molecule has 8 heteroatoms. The first kappa shape index (κ1) is 18.1. The van der Waals surface area contributed by atoms with E-state index in [2.05, 4.69) is 10.3 Å². The number of benzene rings is 1. The van der Waals surface area contributed by atoms with Crippen LogP contribution in [0.1, 0.15) is 19.4 Å². The third-order valence-corrected chi connectivity index (χ3v) is 4.22. The lowest BCUT2D eigenvalue weighted by Gasteiger charge is -2.37. The van der Waals surface area contributed by atoms with Gasteiger partial charge in [-0.15, -0.1) is 0 Å². The van der Waals surface area contributed by atoms with Crippen molar-refractivity contribution in [3.8, 4) is 0 Å². The van der Waals surface area contributed by atoms with E-state index in [-0.39, 0.29) is 36.1 Å². The number of rotatable bonds is 5. The normalized spacial score (nSPS) is 20.0. The van der Waals surface area contributed by atoms with E-state index in [0.29, 0.717) is 24.3 Å². The van der Waals surface area contributed by atoms with Gasteiger partial charge in [-0.25, -0.2) is 9.37 Å². The molecule has 138 valence electrons. The van der Waals surface area contributed by atoms with Crippen LogP contribution in [0.4, 0.5) is 21.6 Å². The highest BCUT2D eigenvalue weighted by atomic mass is 19.1. The summed E-state index contributed by atoms with van der Waals surface area (Å²) in [6, 6.07) is 7.87. The van der Waals surface area contributed by atoms with E-state index >= 15 is 0 Å². The molecule has 0 bridgehead atoms. The van der Waals surface area contributed by atoms with E-state index in [9.17, 15) is 14.5 Å². The molecule has 1 aromatic heterocycles. The first-order chi connectivity index (χ1) is 12.4. The fraction of sp³-hybridized carbons (Fsp3) is 0.389. The molecule has 0 spiro atoms. The van der Waals surface area contributed by atoms with Crippen LogP contribution in [0.2, 0.25) is 0 Å². The molecular formula is C18H21FN4O3. The third kappa shape index (κ3) is 4.08. The Bertz CT molecular complexity index is 792. The molecule has 1 aromatic carbocycles. The molecule has 0 amide bonds. The lowest BCUT2D eigenvalue weighted by Crippen LogP contribution is -2.45. The van der Waals surface area contributed by atoms with Gasteiger partial charge in [0.25, 0.3) is 0 Å². The molecule has 1 aliphatic rings. The summed E-state index contributed by atoms with van der Waals surface area (Å²) in [5, 5.41) is 13.9. The van der Waals surface area contributed by atoms with Crippen molar-refractivity contribution in [2.24, 2.45) is 0 Å². The van der Waals surface area contributed by atoms with Crippen molar-refractivity contribution in [3.05, 3.63) is 58.0 Å². The Hall–Kier alpha value is -2.74. The molecule has 3 rings (SSSR count). The summed E-state index contributed by atoms with van der Waals surface area (Å²) in [4.78, 5) is 16.5. The number of halogens is 1. The number of morpholine rings is 1. The van der Waals surface area contributed by atoms with Gasteiger partial charge in [0.15, 0.2) is 0 Å². The van der Waals surface area contributed by atoms with Crippen molar-refractivity contribution in [2.45, 2.75) is 32.6 Å². The summed E-state index contributed by atoms with van der Waals surface area (Å²) in [6.07, 6.45) is 1.56. The van der Waals surface area contributed by atoms with Crippen LogP contribution in [-0.4, -0.2) is 35.2 Å². The van der Waals surface area contributed by atoms with Crippen LogP contribution in [0.3, 0.4) is 0 Å². The summed E-state index contributed by atoms with van der Waals surface area (Å²) in [5.74, 6) is -0.154. The molecule has 1 N–H and O–H groups in total. The summed E-state index contributed by atoms with van der Waals surface area (Å²) in [7, 11) is 0. The summed E-state index contributed by atoms with van der Waals surface area (Å²) >= 11 is 0. The van der Waals surface area contributed by atoms with Crippen molar-refractivity contribution in [1.29, 1.82) is 0 Å². The van der Waals surface area contributed by atoms with Gasteiger partial charge in [0, 0.05) is 31.9 Å². The molecule has 2 heterocycles. The molecule has 1 aliphatic heterocycles. The minimum absolute atomic E-state index is 0.0456. The van der Waals surface area contributed by atoms with Crippen molar-refractivity contribution < 1.29 is 14.1 Å². The van der Waals surface area contributed by atoms with Gasteiger partial charge in [-0.1, -0.05) is 6.07 Å². The average Bonchev–Trinajstić information content (AvgIpc) is 2.59. The molecule has 26 heavy (non-hydrogen) atoms. The smallest absolute Gasteiger partial charge is 0.311 e. The predicted molar refractivity (Wildman–Crippen MR) is 96.8 cm³/mol. The molecule has 0 saturated carbocycles. The lowest BCUT2D eigenvalue weighted by atomic mass is 10.1. The number of nitrogens with zero attached hydrogens (tertiary/aromatic N) is 3. The van der Waals surface area contributed by atoms with Crippen LogP contribution in [0.25, 0.3) is 0 Å². The fourth-order valence-corrected chi connectivity index (χ4v) is 3.16. The summed E-state index contributed by atoms with van der Waals surface area (Å²) < 4.78 is 20.3. The Kier molecular flexibility index (Phi) is 5.32. The number of hydrogen-bond donors (Lipinski definition) is 1. The van der Waals surface area contributed by atoms with E-state index in [0.717, 1.165) is 0 Å². The highest BCUT2D eigenvalue weighted by Gasteiger charge is 2.24. The van der Waals surface area contributed by atoms with Gasteiger partial charge in [0.2, 0.25) is 5.82 Å². The zero-order chi connectivity index (χ0) is 18.7. The van der Waals surface area contributed by atoms with Crippen LogP contribution >= 0.6 is 0 Å². The summed E-state index contributed by atoms with van der Waals surface area (Å²) in [6.45, 7) is 5.46. The number of nitrogens with one attached hydrogen (secondary N) is 1. The molecular weight excluding hydrogens is 339 g/mol.